The number of hydrogen-bond acceptors (Lipinski definition) is 3. The van der Waals surface area contributed by atoms with Crippen LogP contribution < -0.4 is 5.32 Å². The molecule has 5 nitrogen and oxygen atoms in total. The van der Waals surface area contributed by atoms with Crippen molar-refractivity contribution in [2.24, 2.45) is 23.7 Å². The largest absolute Gasteiger partial charge is 0.326 e. The summed E-state index contributed by atoms with van der Waals surface area (Å²) < 4.78 is 0. The summed E-state index contributed by atoms with van der Waals surface area (Å²) in [5.41, 5.74) is 0.602. The Bertz CT molecular complexity index is 730. The minimum Gasteiger partial charge on any atom is -0.326 e. The molecule has 2 fully saturated rings. The maximum atomic E-state index is 12.5. The zero-order valence-corrected chi connectivity index (χ0v) is 13.7. The van der Waals surface area contributed by atoms with E-state index in [1.165, 1.54) is 4.90 Å². The second kappa shape index (κ2) is 5.74. The van der Waals surface area contributed by atoms with E-state index in [2.05, 4.69) is 17.5 Å². The summed E-state index contributed by atoms with van der Waals surface area (Å²) in [6.45, 7) is 0.135. The minimum absolute atomic E-state index is 0.0895. The molecule has 1 saturated carbocycles. The first-order chi connectivity index (χ1) is 11.5. The van der Waals surface area contributed by atoms with Crippen molar-refractivity contribution >= 4 is 35.0 Å². The van der Waals surface area contributed by atoms with Crippen molar-refractivity contribution in [1.82, 2.24) is 4.90 Å². The smallest absolute Gasteiger partial charge is 0.233 e. The quantitative estimate of drug-likeness (QED) is 0.674. The molecule has 3 aliphatic rings. The minimum atomic E-state index is -0.240. The number of rotatable bonds is 4. The molecule has 1 aromatic rings. The number of hydrogen-bond donors (Lipinski definition) is 1. The number of carbonyl (C=O) groups excluding carboxylic acids is 3. The van der Waals surface area contributed by atoms with Crippen LogP contribution in [0.15, 0.2) is 36.4 Å². The number of fused-ring (bicyclic) bond motifs is 5. The lowest BCUT2D eigenvalue weighted by molar-refractivity contribution is -0.140. The molecule has 6 heteroatoms. The van der Waals surface area contributed by atoms with E-state index in [0.717, 1.165) is 6.42 Å². The Morgan fingerprint density at radius 3 is 2.46 bits per heavy atom. The lowest BCUT2D eigenvalue weighted by Crippen LogP contribution is -2.35. The van der Waals surface area contributed by atoms with Gasteiger partial charge in [-0.25, -0.2) is 0 Å². The summed E-state index contributed by atoms with van der Waals surface area (Å²) in [6, 6.07) is 6.86. The molecule has 2 aliphatic carbocycles. The van der Waals surface area contributed by atoms with Gasteiger partial charge in [-0.15, -0.1) is 0 Å². The van der Waals surface area contributed by atoms with E-state index < -0.39 is 0 Å². The average molecular weight is 345 g/mol. The van der Waals surface area contributed by atoms with Gasteiger partial charge in [-0.2, -0.15) is 0 Å². The van der Waals surface area contributed by atoms with Crippen molar-refractivity contribution in [1.29, 1.82) is 0 Å². The highest BCUT2D eigenvalue weighted by atomic mass is 35.5. The maximum Gasteiger partial charge on any atom is 0.233 e. The summed E-state index contributed by atoms with van der Waals surface area (Å²) >= 11 is 5.88. The van der Waals surface area contributed by atoms with E-state index in [1.54, 1.807) is 24.3 Å². The normalized spacial score (nSPS) is 30.1. The predicted molar refractivity (Wildman–Crippen MR) is 89.1 cm³/mol. The fourth-order valence-corrected chi connectivity index (χ4v) is 4.38. The summed E-state index contributed by atoms with van der Waals surface area (Å²) in [4.78, 5) is 38.4. The van der Waals surface area contributed by atoms with E-state index in [0.29, 0.717) is 10.7 Å². The molecule has 3 amide bonds. The Kier molecular flexibility index (Phi) is 3.68. The summed E-state index contributed by atoms with van der Waals surface area (Å²) in [5, 5.41) is 3.27. The van der Waals surface area contributed by atoms with Gasteiger partial charge < -0.3 is 5.32 Å². The highest BCUT2D eigenvalue weighted by Crippen LogP contribution is 2.52. The van der Waals surface area contributed by atoms with Gasteiger partial charge >= 0.3 is 0 Å². The third-order valence-corrected chi connectivity index (χ3v) is 5.47. The molecule has 4 atom stereocenters. The van der Waals surface area contributed by atoms with Crippen LogP contribution in [0.2, 0.25) is 5.02 Å². The van der Waals surface area contributed by atoms with Crippen LogP contribution in [0.3, 0.4) is 0 Å². The van der Waals surface area contributed by atoms with E-state index in [4.69, 9.17) is 11.6 Å². The van der Waals surface area contributed by atoms with Crippen molar-refractivity contribution in [2.45, 2.75) is 12.8 Å². The number of imide groups is 1. The SMILES string of the molecule is O=C(CCN1C(=O)[C@@H]2[C@@H](C1=O)[C@H]1C=C[C@H]2C1)Nc1cccc(Cl)c1. The Hall–Kier alpha value is -2.14. The van der Waals surface area contributed by atoms with E-state index >= 15 is 0 Å². The summed E-state index contributed by atoms with van der Waals surface area (Å²) in [7, 11) is 0. The van der Waals surface area contributed by atoms with Crippen LogP contribution >= 0.6 is 11.6 Å². The number of nitrogens with zero attached hydrogens (tertiary/aromatic N) is 1. The lowest BCUT2D eigenvalue weighted by atomic mass is 9.85. The van der Waals surface area contributed by atoms with Crippen LogP contribution in [-0.4, -0.2) is 29.2 Å². The zero-order valence-electron chi connectivity index (χ0n) is 12.9. The molecule has 4 rings (SSSR count). The van der Waals surface area contributed by atoms with Crippen LogP contribution in [0.1, 0.15) is 12.8 Å². The zero-order chi connectivity index (χ0) is 16.8. The van der Waals surface area contributed by atoms with Crippen molar-refractivity contribution in [3.05, 3.63) is 41.4 Å². The fourth-order valence-electron chi connectivity index (χ4n) is 4.19. The Morgan fingerprint density at radius 1 is 1.17 bits per heavy atom. The molecule has 1 N–H and O–H groups in total. The number of benzene rings is 1. The average Bonchev–Trinajstić information content (AvgIpc) is 3.20. The van der Waals surface area contributed by atoms with Gasteiger partial charge in [0.25, 0.3) is 0 Å². The van der Waals surface area contributed by atoms with Crippen molar-refractivity contribution in [2.75, 3.05) is 11.9 Å². The van der Waals surface area contributed by atoms with Gasteiger partial charge in [-0.1, -0.05) is 29.8 Å². The van der Waals surface area contributed by atoms with E-state index in [1.807, 2.05) is 0 Å². The molecular formula is C18H17ClN2O3. The second-order valence-electron chi connectivity index (χ2n) is 6.64. The molecule has 1 aromatic carbocycles. The van der Waals surface area contributed by atoms with Gasteiger partial charge in [-0.3, -0.25) is 19.3 Å². The first-order valence-electron chi connectivity index (χ1n) is 8.13. The number of amides is 3. The van der Waals surface area contributed by atoms with Gasteiger partial charge in [0.2, 0.25) is 17.7 Å². The van der Waals surface area contributed by atoms with E-state index in [-0.39, 0.29) is 54.4 Å². The molecule has 24 heavy (non-hydrogen) atoms. The lowest BCUT2D eigenvalue weighted by Gasteiger charge is -2.16. The topological polar surface area (TPSA) is 66.5 Å². The Morgan fingerprint density at radius 2 is 1.83 bits per heavy atom. The molecule has 0 spiro atoms. The van der Waals surface area contributed by atoms with Gasteiger partial charge in [-0.05, 0) is 36.5 Å². The van der Waals surface area contributed by atoms with Crippen LogP contribution in [-0.2, 0) is 14.4 Å². The highest BCUT2D eigenvalue weighted by molar-refractivity contribution is 6.30. The molecule has 0 radical (unpaired) electrons. The van der Waals surface area contributed by atoms with Crippen molar-refractivity contribution < 1.29 is 14.4 Å². The van der Waals surface area contributed by atoms with Crippen molar-refractivity contribution in [3.8, 4) is 0 Å². The molecule has 0 unspecified atom stereocenters. The molecule has 1 heterocycles. The predicted octanol–water partition coefficient (Wildman–Crippen LogP) is 2.48. The molecule has 1 aliphatic heterocycles. The highest BCUT2D eigenvalue weighted by Gasteiger charge is 2.58. The van der Waals surface area contributed by atoms with Gasteiger partial charge in [0, 0.05) is 23.7 Å². The molecule has 2 bridgehead atoms. The number of carbonyl (C=O) groups is 3. The van der Waals surface area contributed by atoms with Crippen LogP contribution in [0.4, 0.5) is 5.69 Å². The van der Waals surface area contributed by atoms with Gasteiger partial charge in [0.1, 0.15) is 0 Å². The first-order valence-corrected chi connectivity index (χ1v) is 8.51. The summed E-state index contributed by atoms with van der Waals surface area (Å²) in [5.74, 6) is -0.485. The summed E-state index contributed by atoms with van der Waals surface area (Å²) in [6.07, 6.45) is 5.13. The number of anilines is 1. The fraction of sp³-hybridized carbons (Fsp3) is 0.389. The second-order valence-corrected chi connectivity index (χ2v) is 7.07. The van der Waals surface area contributed by atoms with Gasteiger partial charge in [0.05, 0.1) is 11.8 Å². The number of halogens is 1. The monoisotopic (exact) mass is 344 g/mol. The van der Waals surface area contributed by atoms with Crippen molar-refractivity contribution in [3.63, 3.8) is 0 Å². The number of likely N-dealkylation sites (tertiary alicyclic amines) is 1. The standard InChI is InChI=1S/C18H17ClN2O3/c19-12-2-1-3-13(9-12)20-14(22)6-7-21-17(23)15-10-4-5-11(8-10)16(15)18(21)24/h1-5,9-11,15-16H,6-8H2,(H,20,22)/t10-,11-,15-,16-/m0/s1. The molecule has 0 aromatic heterocycles. The number of allylic oxidation sites excluding steroid dienone is 2. The Labute approximate surface area is 144 Å². The first kappa shape index (κ1) is 15.4. The maximum absolute atomic E-state index is 12.5. The number of nitrogens with one attached hydrogen (secondary N) is 1. The molecule has 124 valence electrons. The molecule has 1 saturated heterocycles. The van der Waals surface area contributed by atoms with Crippen LogP contribution in [0.25, 0.3) is 0 Å². The van der Waals surface area contributed by atoms with Gasteiger partial charge in [0.15, 0.2) is 0 Å². The van der Waals surface area contributed by atoms with E-state index in [9.17, 15) is 14.4 Å². The third-order valence-electron chi connectivity index (χ3n) is 5.23. The van der Waals surface area contributed by atoms with Crippen LogP contribution in [0.5, 0.6) is 0 Å². The molecular weight excluding hydrogens is 328 g/mol. The Balaban J connectivity index is 1.37. The van der Waals surface area contributed by atoms with Crippen LogP contribution in [0, 0.1) is 23.7 Å². The third kappa shape index (κ3) is 2.44.